The van der Waals surface area contributed by atoms with Gasteiger partial charge in [-0.2, -0.15) is 0 Å². The highest BCUT2D eigenvalue weighted by Gasteiger charge is 2.22. The third kappa shape index (κ3) is 5.26. The van der Waals surface area contributed by atoms with Gasteiger partial charge >= 0.3 is 0 Å². The Balaban J connectivity index is 1.11. The summed E-state index contributed by atoms with van der Waals surface area (Å²) >= 11 is 0. The zero-order chi connectivity index (χ0) is 37.0. The molecule has 0 amide bonds. The van der Waals surface area contributed by atoms with Crippen LogP contribution < -0.4 is 4.90 Å². The van der Waals surface area contributed by atoms with E-state index < -0.39 is 0 Å². The van der Waals surface area contributed by atoms with Crippen LogP contribution in [0.5, 0.6) is 0 Å². The van der Waals surface area contributed by atoms with E-state index >= 15 is 0 Å². The molecule has 0 saturated carbocycles. The highest BCUT2D eigenvalue weighted by Crippen LogP contribution is 2.46. The van der Waals surface area contributed by atoms with Gasteiger partial charge in [-0.15, -0.1) is 0 Å². The van der Waals surface area contributed by atoms with Gasteiger partial charge in [0.05, 0.1) is 5.69 Å². The highest BCUT2D eigenvalue weighted by molar-refractivity contribution is 6.23. The van der Waals surface area contributed by atoms with Crippen molar-refractivity contribution in [1.29, 1.82) is 0 Å². The number of furan rings is 1. The number of rotatable bonds is 6. The van der Waals surface area contributed by atoms with Crippen LogP contribution in [0.3, 0.4) is 0 Å². The van der Waals surface area contributed by atoms with Crippen LogP contribution in [-0.2, 0) is 0 Å². The summed E-state index contributed by atoms with van der Waals surface area (Å²) in [6.07, 6.45) is 0. The van der Waals surface area contributed by atoms with Gasteiger partial charge in [-0.05, 0) is 108 Å². The van der Waals surface area contributed by atoms with Crippen molar-refractivity contribution >= 4 is 71.3 Å². The largest absolute Gasteiger partial charge is 0.454 e. The number of para-hydroxylation sites is 1. The van der Waals surface area contributed by atoms with Crippen LogP contribution in [0, 0.1) is 0 Å². The molecular weight excluding hydrogens is 679 g/mol. The third-order valence-electron chi connectivity index (χ3n) is 11.2. The zero-order valence-electron chi connectivity index (χ0n) is 30.6. The van der Waals surface area contributed by atoms with E-state index in [4.69, 9.17) is 4.42 Å². The van der Waals surface area contributed by atoms with E-state index in [9.17, 15) is 0 Å². The Labute approximate surface area is 325 Å². The number of anilines is 3. The molecule has 11 aromatic rings. The molecule has 0 aliphatic rings. The van der Waals surface area contributed by atoms with Crippen LogP contribution in [0.15, 0.2) is 217 Å². The van der Waals surface area contributed by atoms with Crippen LogP contribution in [0.4, 0.5) is 17.1 Å². The topological polar surface area (TPSA) is 16.4 Å². The number of hydrogen-bond donors (Lipinski definition) is 0. The lowest BCUT2D eigenvalue weighted by Crippen LogP contribution is -2.10. The first kappa shape index (κ1) is 32.0. The van der Waals surface area contributed by atoms with Crippen molar-refractivity contribution in [2.45, 2.75) is 0 Å². The van der Waals surface area contributed by atoms with Gasteiger partial charge in [0.1, 0.15) is 5.58 Å². The normalized spacial score (nSPS) is 11.6. The van der Waals surface area contributed by atoms with E-state index in [0.717, 1.165) is 39.0 Å². The quantitative estimate of drug-likeness (QED) is 0.160. The van der Waals surface area contributed by atoms with Gasteiger partial charge in [-0.3, -0.25) is 0 Å². The van der Waals surface area contributed by atoms with E-state index in [-0.39, 0.29) is 0 Å². The first-order valence-corrected chi connectivity index (χ1v) is 19.2. The van der Waals surface area contributed by atoms with Gasteiger partial charge in [0.25, 0.3) is 0 Å². The Hall–Kier alpha value is -7.42. The fourth-order valence-corrected chi connectivity index (χ4v) is 8.62. The van der Waals surface area contributed by atoms with Crippen molar-refractivity contribution < 1.29 is 4.42 Å². The van der Waals surface area contributed by atoms with Gasteiger partial charge in [-0.25, -0.2) is 0 Å². The summed E-state index contributed by atoms with van der Waals surface area (Å²) < 4.78 is 7.01. The summed E-state index contributed by atoms with van der Waals surface area (Å²) in [5.41, 5.74) is 11.9. The maximum atomic E-state index is 7.01. The highest BCUT2D eigenvalue weighted by atomic mass is 16.3. The van der Waals surface area contributed by atoms with E-state index in [2.05, 4.69) is 217 Å². The average Bonchev–Trinajstić information content (AvgIpc) is 3.67. The third-order valence-corrected chi connectivity index (χ3v) is 11.2. The molecule has 0 spiro atoms. The van der Waals surface area contributed by atoms with Gasteiger partial charge in [0.2, 0.25) is 0 Å². The maximum absolute atomic E-state index is 7.01. The molecule has 0 radical (unpaired) electrons. The minimum absolute atomic E-state index is 0.856. The Kier molecular flexibility index (Phi) is 7.53. The maximum Gasteiger partial charge on any atom is 0.159 e. The lowest BCUT2D eigenvalue weighted by molar-refractivity contribution is 0.669. The SMILES string of the molecule is c1ccc(-c2ccc(N(c3ccc(-c4cc5ccccc5c5ccccc45)cc3)c3cccc4c3oc3cc(-c5ccccc5)c5ccccc5c34)cc2)cc1. The van der Waals surface area contributed by atoms with Crippen LogP contribution in [0.25, 0.3) is 87.6 Å². The minimum atomic E-state index is 0.856. The molecule has 0 fully saturated rings. The minimum Gasteiger partial charge on any atom is -0.454 e. The van der Waals surface area contributed by atoms with Gasteiger partial charge in [0, 0.05) is 22.1 Å². The smallest absolute Gasteiger partial charge is 0.159 e. The lowest BCUT2D eigenvalue weighted by atomic mass is 9.93. The van der Waals surface area contributed by atoms with Crippen LogP contribution in [0.1, 0.15) is 0 Å². The van der Waals surface area contributed by atoms with Crippen molar-refractivity contribution in [3.63, 3.8) is 0 Å². The zero-order valence-corrected chi connectivity index (χ0v) is 30.6. The second-order valence-electron chi connectivity index (χ2n) is 14.5. The molecule has 1 heterocycles. The van der Waals surface area contributed by atoms with E-state index in [0.29, 0.717) is 0 Å². The molecule has 0 aliphatic carbocycles. The summed E-state index contributed by atoms with van der Waals surface area (Å²) in [6, 6.07) is 76.2. The van der Waals surface area contributed by atoms with Crippen LogP contribution in [0.2, 0.25) is 0 Å². The van der Waals surface area contributed by atoms with Crippen molar-refractivity contribution in [3.05, 3.63) is 212 Å². The van der Waals surface area contributed by atoms with Gasteiger partial charge in [0.15, 0.2) is 5.58 Å². The Morgan fingerprint density at radius 2 is 0.804 bits per heavy atom. The summed E-state index contributed by atoms with van der Waals surface area (Å²) in [7, 11) is 0. The second kappa shape index (κ2) is 13.2. The number of nitrogens with zero attached hydrogens (tertiary/aromatic N) is 1. The van der Waals surface area contributed by atoms with Crippen molar-refractivity contribution in [2.75, 3.05) is 4.90 Å². The number of hydrogen-bond acceptors (Lipinski definition) is 2. The molecule has 10 aromatic carbocycles. The van der Waals surface area contributed by atoms with Gasteiger partial charge < -0.3 is 9.32 Å². The first-order valence-electron chi connectivity index (χ1n) is 19.2. The summed E-state index contributed by atoms with van der Waals surface area (Å²) in [5.74, 6) is 0. The summed E-state index contributed by atoms with van der Waals surface area (Å²) in [5, 5.41) is 9.66. The van der Waals surface area contributed by atoms with Crippen molar-refractivity contribution in [3.8, 4) is 33.4 Å². The van der Waals surface area contributed by atoms with E-state index in [1.807, 2.05) is 0 Å². The lowest BCUT2D eigenvalue weighted by Gasteiger charge is -2.26. The first-order chi connectivity index (χ1) is 27.8. The Morgan fingerprint density at radius 1 is 0.321 bits per heavy atom. The van der Waals surface area contributed by atoms with E-state index in [1.54, 1.807) is 0 Å². The molecule has 0 atom stereocenters. The monoisotopic (exact) mass is 713 g/mol. The molecule has 262 valence electrons. The average molecular weight is 714 g/mol. The van der Waals surface area contributed by atoms with Crippen molar-refractivity contribution in [2.24, 2.45) is 0 Å². The molecule has 0 unspecified atom stereocenters. The molecule has 0 bridgehead atoms. The fourth-order valence-electron chi connectivity index (χ4n) is 8.62. The molecule has 0 aliphatic heterocycles. The molecule has 0 N–H and O–H groups in total. The number of fused-ring (bicyclic) bond motifs is 8. The molecule has 56 heavy (non-hydrogen) atoms. The fraction of sp³-hybridized carbons (Fsp3) is 0. The summed E-state index contributed by atoms with van der Waals surface area (Å²) in [6.45, 7) is 0. The standard InChI is InChI=1S/C54H35NO/c1-3-14-36(15-4-1)37-26-30-41(31-27-37)55(42-32-28-39(29-33-42)49-34-40-18-7-8-19-43(40)44-20-9-10-21-45(44)49)51-25-13-24-48-53-47-23-12-11-22-46(47)50(35-52(53)56-54(48)51)38-16-5-2-6-17-38/h1-35H. The molecule has 11 rings (SSSR count). The van der Waals surface area contributed by atoms with Crippen molar-refractivity contribution in [1.82, 2.24) is 0 Å². The second-order valence-corrected chi connectivity index (χ2v) is 14.5. The van der Waals surface area contributed by atoms with Gasteiger partial charge in [-0.1, -0.05) is 170 Å². The predicted octanol–water partition coefficient (Wildman–Crippen LogP) is 15.5. The molecule has 1 aromatic heterocycles. The van der Waals surface area contributed by atoms with E-state index in [1.165, 1.54) is 65.7 Å². The molecule has 0 saturated heterocycles. The molecular formula is C54H35NO. The molecule has 2 heteroatoms. The predicted molar refractivity (Wildman–Crippen MR) is 237 cm³/mol. The molecule has 2 nitrogen and oxygen atoms in total. The Morgan fingerprint density at radius 3 is 1.50 bits per heavy atom. The summed E-state index contributed by atoms with van der Waals surface area (Å²) in [4.78, 5) is 2.34. The van der Waals surface area contributed by atoms with Crippen LogP contribution in [-0.4, -0.2) is 0 Å². The van der Waals surface area contributed by atoms with Crippen LogP contribution >= 0.6 is 0 Å². The number of benzene rings is 10. The Bertz CT molecular complexity index is 3220.